The second-order valence-corrected chi connectivity index (χ2v) is 6.17. The summed E-state index contributed by atoms with van der Waals surface area (Å²) in [6.07, 6.45) is 3.31. The topological polar surface area (TPSA) is 80.0 Å². The molecule has 0 spiro atoms. The zero-order valence-electron chi connectivity index (χ0n) is 12.1. The van der Waals surface area contributed by atoms with Gasteiger partial charge in [0, 0.05) is 19.1 Å². The second kappa shape index (κ2) is 6.26. The molecule has 6 nitrogen and oxygen atoms in total. The first-order valence-corrected chi connectivity index (χ1v) is 8.19. The van der Waals surface area contributed by atoms with Crippen LogP contribution in [0.25, 0.3) is 0 Å². The number of aromatic nitrogens is 3. The fraction of sp³-hybridized carbons (Fsp3) is 0.500. The summed E-state index contributed by atoms with van der Waals surface area (Å²) in [7, 11) is 0. The molecule has 112 valence electrons. The Morgan fingerprint density at radius 1 is 1.33 bits per heavy atom. The molecule has 0 aliphatic carbocycles. The molecule has 3 N–H and O–H groups in total. The Labute approximate surface area is 128 Å². The minimum atomic E-state index is 0.243. The zero-order chi connectivity index (χ0) is 14.7. The van der Waals surface area contributed by atoms with Gasteiger partial charge in [-0.15, -0.1) is 0 Å². The summed E-state index contributed by atoms with van der Waals surface area (Å²) in [6.45, 7) is 4.11. The lowest BCUT2D eigenvalue weighted by Crippen LogP contribution is -2.24. The maximum atomic E-state index is 5.81. The lowest BCUT2D eigenvalue weighted by atomic mass is 10.1. The highest BCUT2D eigenvalue weighted by molar-refractivity contribution is 7.07. The molecule has 21 heavy (non-hydrogen) atoms. The van der Waals surface area contributed by atoms with Gasteiger partial charge in [0.25, 0.3) is 0 Å². The summed E-state index contributed by atoms with van der Waals surface area (Å²) >= 11 is 1.71. The van der Waals surface area contributed by atoms with Crippen molar-refractivity contribution in [3.63, 3.8) is 0 Å². The molecular weight excluding hydrogens is 284 g/mol. The quantitative estimate of drug-likeness (QED) is 0.881. The van der Waals surface area contributed by atoms with E-state index in [9.17, 15) is 0 Å². The highest BCUT2D eigenvalue weighted by Crippen LogP contribution is 2.18. The van der Waals surface area contributed by atoms with Gasteiger partial charge in [0.1, 0.15) is 0 Å². The van der Waals surface area contributed by atoms with Crippen molar-refractivity contribution >= 4 is 29.2 Å². The average Bonchev–Trinajstić information content (AvgIpc) is 3.10. The zero-order valence-corrected chi connectivity index (χ0v) is 12.9. The Morgan fingerprint density at radius 3 is 2.86 bits per heavy atom. The van der Waals surface area contributed by atoms with Crippen LogP contribution in [0.4, 0.5) is 17.8 Å². The highest BCUT2D eigenvalue weighted by Gasteiger charge is 2.17. The molecule has 1 aliphatic rings. The number of anilines is 3. The monoisotopic (exact) mass is 304 g/mol. The van der Waals surface area contributed by atoms with E-state index in [1.165, 1.54) is 18.4 Å². The van der Waals surface area contributed by atoms with Crippen LogP contribution in [0.5, 0.6) is 0 Å². The standard InChI is InChI=1S/C14H20N6S/c1-10(8-11-4-7-21-9-11)16-13-17-12(15)18-14(19-13)20-5-2-3-6-20/h4,7,9-10H,2-3,5-6,8H2,1H3,(H3,15,16,17,18,19). The van der Waals surface area contributed by atoms with E-state index >= 15 is 0 Å². The maximum absolute atomic E-state index is 5.81. The summed E-state index contributed by atoms with van der Waals surface area (Å²) in [5.74, 6) is 1.52. The van der Waals surface area contributed by atoms with Crippen LogP contribution >= 0.6 is 11.3 Å². The first-order chi connectivity index (χ1) is 10.2. The molecule has 1 unspecified atom stereocenters. The molecule has 2 aromatic heterocycles. The molecule has 0 saturated carbocycles. The second-order valence-electron chi connectivity index (χ2n) is 5.39. The van der Waals surface area contributed by atoms with Crippen molar-refractivity contribution in [2.45, 2.75) is 32.2 Å². The van der Waals surface area contributed by atoms with E-state index in [4.69, 9.17) is 5.73 Å². The molecule has 1 saturated heterocycles. The first kappa shape index (κ1) is 14.1. The van der Waals surface area contributed by atoms with Crippen LogP contribution in [-0.2, 0) is 6.42 Å². The van der Waals surface area contributed by atoms with Gasteiger partial charge in [-0.2, -0.15) is 26.3 Å². The van der Waals surface area contributed by atoms with E-state index in [2.05, 4.69) is 48.9 Å². The van der Waals surface area contributed by atoms with Crippen molar-refractivity contribution in [2.24, 2.45) is 0 Å². The van der Waals surface area contributed by atoms with Gasteiger partial charge >= 0.3 is 0 Å². The number of thiophene rings is 1. The van der Waals surface area contributed by atoms with E-state index < -0.39 is 0 Å². The first-order valence-electron chi connectivity index (χ1n) is 7.25. The lowest BCUT2D eigenvalue weighted by Gasteiger charge is -2.18. The van der Waals surface area contributed by atoms with Crippen LogP contribution in [0.3, 0.4) is 0 Å². The molecule has 2 aromatic rings. The highest BCUT2D eigenvalue weighted by atomic mass is 32.1. The summed E-state index contributed by atoms with van der Waals surface area (Å²) in [6, 6.07) is 2.38. The lowest BCUT2D eigenvalue weighted by molar-refractivity contribution is 0.773. The molecular formula is C14H20N6S. The smallest absolute Gasteiger partial charge is 0.231 e. The average molecular weight is 304 g/mol. The van der Waals surface area contributed by atoms with Crippen molar-refractivity contribution in [3.8, 4) is 0 Å². The third-order valence-electron chi connectivity index (χ3n) is 3.53. The fourth-order valence-corrected chi connectivity index (χ4v) is 3.22. The predicted octanol–water partition coefficient (Wildman–Crippen LogP) is 2.16. The Morgan fingerprint density at radius 2 is 2.14 bits per heavy atom. The van der Waals surface area contributed by atoms with Crippen molar-refractivity contribution in [1.29, 1.82) is 0 Å². The van der Waals surface area contributed by atoms with E-state index in [1.54, 1.807) is 11.3 Å². The van der Waals surface area contributed by atoms with Crippen molar-refractivity contribution in [2.75, 3.05) is 29.0 Å². The van der Waals surface area contributed by atoms with Crippen LogP contribution in [-0.4, -0.2) is 34.1 Å². The largest absolute Gasteiger partial charge is 0.368 e. The number of nitrogens with zero attached hydrogens (tertiary/aromatic N) is 4. The molecule has 0 aromatic carbocycles. The number of nitrogen functional groups attached to an aromatic ring is 1. The van der Waals surface area contributed by atoms with Crippen LogP contribution in [0, 0.1) is 0 Å². The number of hydrogen-bond acceptors (Lipinski definition) is 7. The molecule has 0 bridgehead atoms. The van der Waals surface area contributed by atoms with Gasteiger partial charge in [-0.3, -0.25) is 0 Å². The summed E-state index contributed by atoms with van der Waals surface area (Å²) in [4.78, 5) is 15.1. The van der Waals surface area contributed by atoms with E-state index in [0.717, 1.165) is 19.5 Å². The Hall–Kier alpha value is -1.89. The Bertz CT molecular complexity index is 579. The summed E-state index contributed by atoms with van der Waals surface area (Å²) < 4.78 is 0. The van der Waals surface area contributed by atoms with Gasteiger partial charge in [-0.05, 0) is 48.6 Å². The number of nitrogens with one attached hydrogen (secondary N) is 1. The molecule has 0 radical (unpaired) electrons. The van der Waals surface area contributed by atoms with Gasteiger partial charge in [-0.25, -0.2) is 0 Å². The van der Waals surface area contributed by atoms with E-state index in [-0.39, 0.29) is 12.0 Å². The third-order valence-corrected chi connectivity index (χ3v) is 4.26. The minimum Gasteiger partial charge on any atom is -0.368 e. The Kier molecular flexibility index (Phi) is 4.19. The molecule has 1 fully saturated rings. The van der Waals surface area contributed by atoms with Crippen LogP contribution in [0.15, 0.2) is 16.8 Å². The van der Waals surface area contributed by atoms with E-state index in [0.29, 0.717) is 11.9 Å². The normalized spacial score (nSPS) is 16.1. The SMILES string of the molecule is CC(Cc1ccsc1)Nc1nc(N)nc(N2CCCC2)n1. The summed E-state index contributed by atoms with van der Waals surface area (Å²) in [5.41, 5.74) is 7.13. The van der Waals surface area contributed by atoms with E-state index in [1.807, 2.05) is 0 Å². The molecule has 7 heteroatoms. The molecule has 1 atom stereocenters. The van der Waals surface area contributed by atoms with Crippen LogP contribution in [0.2, 0.25) is 0 Å². The summed E-state index contributed by atoms with van der Waals surface area (Å²) in [5, 5.41) is 7.57. The third kappa shape index (κ3) is 3.60. The molecule has 0 amide bonds. The predicted molar refractivity (Wildman–Crippen MR) is 86.8 cm³/mol. The fourth-order valence-electron chi connectivity index (χ4n) is 2.54. The molecule has 3 rings (SSSR count). The van der Waals surface area contributed by atoms with Crippen LogP contribution < -0.4 is 16.0 Å². The van der Waals surface area contributed by atoms with Gasteiger partial charge in [0.05, 0.1) is 0 Å². The minimum absolute atomic E-state index is 0.243. The molecule has 1 aliphatic heterocycles. The van der Waals surface area contributed by atoms with Crippen molar-refractivity contribution < 1.29 is 0 Å². The van der Waals surface area contributed by atoms with Gasteiger partial charge in [0.2, 0.25) is 17.8 Å². The van der Waals surface area contributed by atoms with Gasteiger partial charge in [-0.1, -0.05) is 0 Å². The number of hydrogen-bond donors (Lipinski definition) is 2. The number of rotatable bonds is 5. The Balaban J connectivity index is 1.69. The maximum Gasteiger partial charge on any atom is 0.231 e. The van der Waals surface area contributed by atoms with Crippen LogP contribution in [0.1, 0.15) is 25.3 Å². The number of nitrogens with two attached hydrogens (primary N) is 1. The van der Waals surface area contributed by atoms with Gasteiger partial charge in [0.15, 0.2) is 0 Å². The molecule has 3 heterocycles. The van der Waals surface area contributed by atoms with Crippen molar-refractivity contribution in [1.82, 2.24) is 15.0 Å². The van der Waals surface area contributed by atoms with Gasteiger partial charge < -0.3 is 16.0 Å². The van der Waals surface area contributed by atoms with Crippen molar-refractivity contribution in [3.05, 3.63) is 22.4 Å².